The minimum atomic E-state index is 0. The highest BCUT2D eigenvalue weighted by Gasteiger charge is 2.16. The van der Waals surface area contributed by atoms with Gasteiger partial charge in [-0.05, 0) is 20.0 Å². The zero-order valence-electron chi connectivity index (χ0n) is 13.9. The SMILES string of the molecule is CN=C(NCC(C)C)NCC(c1cnn(C)c1)N(C)C.I. The minimum absolute atomic E-state index is 0. The Morgan fingerprint density at radius 2 is 1.95 bits per heavy atom. The molecule has 0 fully saturated rings. The van der Waals surface area contributed by atoms with Crippen molar-refractivity contribution in [3.63, 3.8) is 0 Å². The van der Waals surface area contributed by atoms with E-state index >= 15 is 0 Å². The maximum absolute atomic E-state index is 4.25. The normalized spacial score (nSPS) is 13.2. The number of hydrogen-bond donors (Lipinski definition) is 2. The summed E-state index contributed by atoms with van der Waals surface area (Å²) in [6.07, 6.45) is 3.97. The summed E-state index contributed by atoms with van der Waals surface area (Å²) >= 11 is 0. The highest BCUT2D eigenvalue weighted by atomic mass is 127. The predicted octanol–water partition coefficient (Wildman–Crippen LogP) is 1.46. The smallest absolute Gasteiger partial charge is 0.191 e. The molecule has 6 nitrogen and oxygen atoms in total. The molecule has 1 aromatic rings. The van der Waals surface area contributed by atoms with Crippen LogP contribution in [-0.2, 0) is 7.05 Å². The van der Waals surface area contributed by atoms with E-state index in [0.29, 0.717) is 5.92 Å². The zero-order valence-corrected chi connectivity index (χ0v) is 16.3. The summed E-state index contributed by atoms with van der Waals surface area (Å²) in [5.74, 6) is 1.44. The molecule has 0 bridgehead atoms. The molecule has 1 heterocycles. The lowest BCUT2D eigenvalue weighted by Crippen LogP contribution is -2.42. The maximum atomic E-state index is 4.25. The molecule has 0 spiro atoms. The molecule has 1 rings (SSSR count). The third-order valence-electron chi connectivity index (χ3n) is 3.10. The topological polar surface area (TPSA) is 57.5 Å². The standard InChI is InChI=1S/C14H28N6.HI/c1-11(2)7-16-14(15-3)17-9-13(19(4)5)12-8-18-20(6)10-12;/h8,10-11,13H,7,9H2,1-6H3,(H2,15,16,17);1H. The van der Waals surface area contributed by atoms with Gasteiger partial charge in [0.15, 0.2) is 5.96 Å². The number of aromatic nitrogens is 2. The van der Waals surface area contributed by atoms with Crippen LogP contribution in [-0.4, -0.2) is 54.9 Å². The lowest BCUT2D eigenvalue weighted by atomic mass is 10.1. The zero-order chi connectivity index (χ0) is 15.1. The van der Waals surface area contributed by atoms with Gasteiger partial charge in [0.05, 0.1) is 12.2 Å². The van der Waals surface area contributed by atoms with Crippen molar-refractivity contribution in [2.75, 3.05) is 34.2 Å². The molecule has 0 saturated heterocycles. The molecule has 0 aliphatic carbocycles. The van der Waals surface area contributed by atoms with Crippen LogP contribution in [0.4, 0.5) is 0 Å². The second kappa shape index (κ2) is 9.99. The Hall–Kier alpha value is -0.830. The molecular weight excluding hydrogens is 379 g/mol. The highest BCUT2D eigenvalue weighted by Crippen LogP contribution is 2.15. The van der Waals surface area contributed by atoms with Crippen molar-refractivity contribution in [2.45, 2.75) is 19.9 Å². The van der Waals surface area contributed by atoms with Crippen molar-refractivity contribution in [3.8, 4) is 0 Å². The highest BCUT2D eigenvalue weighted by molar-refractivity contribution is 14.0. The van der Waals surface area contributed by atoms with Crippen LogP contribution in [0.3, 0.4) is 0 Å². The number of likely N-dealkylation sites (N-methyl/N-ethyl adjacent to an activating group) is 1. The van der Waals surface area contributed by atoms with Gasteiger partial charge in [-0.1, -0.05) is 13.8 Å². The first-order valence-electron chi connectivity index (χ1n) is 7.03. The van der Waals surface area contributed by atoms with Crippen molar-refractivity contribution in [1.29, 1.82) is 0 Å². The van der Waals surface area contributed by atoms with Crippen molar-refractivity contribution < 1.29 is 0 Å². The Morgan fingerprint density at radius 3 is 2.38 bits per heavy atom. The van der Waals surface area contributed by atoms with Gasteiger partial charge >= 0.3 is 0 Å². The van der Waals surface area contributed by atoms with Gasteiger partial charge in [0, 0.05) is 38.9 Å². The Kier molecular flexibility index (Phi) is 9.60. The lowest BCUT2D eigenvalue weighted by molar-refractivity contribution is 0.298. The van der Waals surface area contributed by atoms with E-state index in [4.69, 9.17) is 0 Å². The van der Waals surface area contributed by atoms with Gasteiger partial charge in [-0.2, -0.15) is 5.10 Å². The number of guanidine groups is 1. The molecule has 0 aliphatic rings. The number of nitrogens with one attached hydrogen (secondary N) is 2. The largest absolute Gasteiger partial charge is 0.356 e. The van der Waals surface area contributed by atoms with Crippen molar-refractivity contribution >= 4 is 29.9 Å². The van der Waals surface area contributed by atoms with Gasteiger partial charge in [-0.25, -0.2) is 0 Å². The molecule has 7 heteroatoms. The summed E-state index contributed by atoms with van der Waals surface area (Å²) in [7, 11) is 7.88. The molecule has 2 N–H and O–H groups in total. The molecule has 0 aromatic carbocycles. The molecular formula is C14H29IN6. The van der Waals surface area contributed by atoms with E-state index < -0.39 is 0 Å². The summed E-state index contributed by atoms with van der Waals surface area (Å²) in [5.41, 5.74) is 1.20. The maximum Gasteiger partial charge on any atom is 0.191 e. The average molecular weight is 408 g/mol. The van der Waals surface area contributed by atoms with Gasteiger partial charge in [-0.15, -0.1) is 24.0 Å². The molecule has 0 radical (unpaired) electrons. The summed E-state index contributed by atoms with van der Waals surface area (Å²) in [6.45, 7) is 6.06. The van der Waals surface area contributed by atoms with Crippen molar-refractivity contribution in [2.24, 2.45) is 18.0 Å². The Balaban J connectivity index is 0.00000400. The van der Waals surface area contributed by atoms with Gasteiger partial charge in [0.2, 0.25) is 0 Å². The van der Waals surface area contributed by atoms with Gasteiger partial charge in [-0.3, -0.25) is 9.67 Å². The monoisotopic (exact) mass is 408 g/mol. The van der Waals surface area contributed by atoms with Gasteiger partial charge < -0.3 is 15.5 Å². The van der Waals surface area contributed by atoms with E-state index in [9.17, 15) is 0 Å². The first-order chi connectivity index (χ1) is 9.43. The van der Waals surface area contributed by atoms with Crippen LogP contribution in [0.2, 0.25) is 0 Å². The number of halogens is 1. The molecule has 0 saturated carbocycles. The quantitative estimate of drug-likeness (QED) is 0.425. The summed E-state index contributed by atoms with van der Waals surface area (Å²) in [6, 6.07) is 0.265. The third-order valence-corrected chi connectivity index (χ3v) is 3.10. The number of rotatable bonds is 6. The van der Waals surface area contributed by atoms with Crippen LogP contribution >= 0.6 is 24.0 Å². The fourth-order valence-corrected chi connectivity index (χ4v) is 1.93. The van der Waals surface area contributed by atoms with Crippen molar-refractivity contribution in [3.05, 3.63) is 18.0 Å². The van der Waals surface area contributed by atoms with Crippen LogP contribution < -0.4 is 10.6 Å². The molecule has 122 valence electrons. The Labute approximate surface area is 145 Å². The van der Waals surface area contributed by atoms with Gasteiger partial charge in [0.25, 0.3) is 0 Å². The fourth-order valence-electron chi connectivity index (χ4n) is 1.93. The number of aliphatic imine (C=N–C) groups is 1. The molecule has 1 atom stereocenters. The van der Waals surface area contributed by atoms with E-state index in [1.807, 2.05) is 17.9 Å². The van der Waals surface area contributed by atoms with E-state index in [0.717, 1.165) is 19.0 Å². The Bertz CT molecular complexity index is 427. The van der Waals surface area contributed by atoms with E-state index in [-0.39, 0.29) is 30.0 Å². The molecule has 21 heavy (non-hydrogen) atoms. The molecule has 0 aliphatic heterocycles. The first-order valence-corrected chi connectivity index (χ1v) is 7.03. The van der Waals surface area contributed by atoms with Gasteiger partial charge in [0.1, 0.15) is 0 Å². The van der Waals surface area contributed by atoms with Crippen LogP contribution in [0.15, 0.2) is 17.4 Å². The fraction of sp³-hybridized carbons (Fsp3) is 0.714. The second-order valence-corrected chi connectivity index (χ2v) is 5.65. The van der Waals surface area contributed by atoms with Crippen molar-refractivity contribution in [1.82, 2.24) is 25.3 Å². The minimum Gasteiger partial charge on any atom is -0.356 e. The van der Waals surface area contributed by atoms with E-state index in [1.165, 1.54) is 5.56 Å². The lowest BCUT2D eigenvalue weighted by Gasteiger charge is -2.24. The van der Waals surface area contributed by atoms with E-state index in [2.05, 4.69) is 59.8 Å². The Morgan fingerprint density at radius 1 is 1.33 bits per heavy atom. The second-order valence-electron chi connectivity index (χ2n) is 5.65. The van der Waals surface area contributed by atoms with Crippen LogP contribution in [0.5, 0.6) is 0 Å². The molecule has 1 aromatic heterocycles. The summed E-state index contributed by atoms with van der Waals surface area (Å²) < 4.78 is 1.83. The van der Waals surface area contributed by atoms with E-state index in [1.54, 1.807) is 7.05 Å². The van der Waals surface area contributed by atoms with Crippen LogP contribution in [0, 0.1) is 5.92 Å². The number of nitrogens with zero attached hydrogens (tertiary/aromatic N) is 4. The molecule has 0 amide bonds. The third kappa shape index (κ3) is 7.12. The van der Waals surface area contributed by atoms with Crippen LogP contribution in [0.1, 0.15) is 25.5 Å². The summed E-state index contributed by atoms with van der Waals surface area (Å²) in [5, 5.41) is 10.9. The number of hydrogen-bond acceptors (Lipinski definition) is 3. The number of aryl methyl sites for hydroxylation is 1. The predicted molar refractivity (Wildman–Crippen MR) is 99.3 cm³/mol. The first kappa shape index (κ1) is 20.2. The summed E-state index contributed by atoms with van der Waals surface area (Å²) in [4.78, 5) is 6.43. The molecule has 1 unspecified atom stereocenters. The average Bonchev–Trinajstić information content (AvgIpc) is 2.79. The van der Waals surface area contributed by atoms with Crippen LogP contribution in [0.25, 0.3) is 0 Å².